The predicted octanol–water partition coefficient (Wildman–Crippen LogP) is 4.62. The van der Waals surface area contributed by atoms with Crippen molar-refractivity contribution < 1.29 is 4.79 Å². The molecule has 1 unspecified atom stereocenters. The molecule has 3 aromatic rings. The second kappa shape index (κ2) is 9.03. The molecule has 0 radical (unpaired) electrons. The first-order chi connectivity index (χ1) is 15.0. The van der Waals surface area contributed by atoms with Gasteiger partial charge in [-0.1, -0.05) is 24.3 Å². The van der Waals surface area contributed by atoms with Gasteiger partial charge in [0.2, 0.25) is 0 Å². The van der Waals surface area contributed by atoms with Crippen molar-refractivity contribution in [3.63, 3.8) is 0 Å². The maximum atomic E-state index is 12.7. The highest BCUT2D eigenvalue weighted by molar-refractivity contribution is 6.04. The van der Waals surface area contributed by atoms with E-state index in [2.05, 4.69) is 47.4 Å². The van der Waals surface area contributed by atoms with Crippen molar-refractivity contribution in [1.82, 2.24) is 4.90 Å². The van der Waals surface area contributed by atoms with Crippen LogP contribution >= 0.6 is 0 Å². The van der Waals surface area contributed by atoms with E-state index in [1.165, 1.54) is 12.1 Å². The average Bonchev–Trinajstić information content (AvgIpc) is 3.30. The quantitative estimate of drug-likeness (QED) is 0.667. The Balaban J connectivity index is 1.40. The molecule has 1 heterocycles. The number of anilines is 2. The summed E-state index contributed by atoms with van der Waals surface area (Å²) in [5.74, 6) is -0.140. The zero-order chi connectivity index (χ0) is 21.8. The molecule has 31 heavy (non-hydrogen) atoms. The molecule has 0 saturated carbocycles. The molecule has 1 aliphatic rings. The highest BCUT2D eigenvalue weighted by atomic mass is 16.1. The minimum Gasteiger partial charge on any atom is -0.370 e. The van der Waals surface area contributed by atoms with E-state index in [0.29, 0.717) is 17.2 Å². The average molecular weight is 411 g/mol. The lowest BCUT2D eigenvalue weighted by Crippen LogP contribution is -2.31. The molecule has 0 aromatic heterocycles. The Morgan fingerprint density at radius 3 is 2.42 bits per heavy atom. The van der Waals surface area contributed by atoms with Crippen LogP contribution in [0.25, 0.3) is 11.1 Å². The molecule has 0 aliphatic carbocycles. The molecule has 156 valence electrons. The normalized spacial score (nSPS) is 15.7. The molecular formula is C26H26N4O. The lowest BCUT2D eigenvalue weighted by molar-refractivity contribution is 0.102. The van der Waals surface area contributed by atoms with Gasteiger partial charge in [0, 0.05) is 36.1 Å². The summed E-state index contributed by atoms with van der Waals surface area (Å²) in [4.78, 5) is 17.3. The van der Waals surface area contributed by atoms with Gasteiger partial charge in [0.05, 0.1) is 11.6 Å². The monoisotopic (exact) mass is 410 g/mol. The van der Waals surface area contributed by atoms with Crippen molar-refractivity contribution in [3.05, 3.63) is 83.9 Å². The number of hydrogen-bond acceptors (Lipinski definition) is 4. The second-order valence-corrected chi connectivity index (χ2v) is 8.12. The van der Waals surface area contributed by atoms with Crippen LogP contribution in [-0.2, 0) is 0 Å². The predicted molar refractivity (Wildman–Crippen MR) is 125 cm³/mol. The maximum absolute atomic E-state index is 12.7. The fraction of sp³-hybridized carbons (Fsp3) is 0.231. The zero-order valence-corrected chi connectivity index (χ0v) is 17.9. The molecule has 0 bridgehead atoms. The van der Waals surface area contributed by atoms with Crippen LogP contribution in [0.5, 0.6) is 0 Å². The number of hydrogen-bond donors (Lipinski definition) is 1. The molecule has 1 fully saturated rings. The summed E-state index contributed by atoms with van der Waals surface area (Å²) >= 11 is 0. The van der Waals surface area contributed by atoms with E-state index in [-0.39, 0.29) is 5.91 Å². The van der Waals surface area contributed by atoms with Crippen LogP contribution in [0.1, 0.15) is 22.3 Å². The molecule has 1 saturated heterocycles. The Hall–Kier alpha value is -3.62. The highest BCUT2D eigenvalue weighted by Gasteiger charge is 2.23. The van der Waals surface area contributed by atoms with E-state index in [9.17, 15) is 4.79 Å². The summed E-state index contributed by atoms with van der Waals surface area (Å²) in [6.45, 7) is 2.08. The van der Waals surface area contributed by atoms with Gasteiger partial charge in [-0.15, -0.1) is 0 Å². The van der Waals surface area contributed by atoms with Crippen LogP contribution in [0, 0.1) is 11.3 Å². The number of nitrogens with zero attached hydrogens (tertiary/aromatic N) is 3. The van der Waals surface area contributed by atoms with Gasteiger partial charge in [-0.05, 0) is 80.2 Å². The number of likely N-dealkylation sites (N-methyl/N-ethyl adjacent to an activating group) is 1. The molecular weight excluding hydrogens is 384 g/mol. The van der Waals surface area contributed by atoms with Gasteiger partial charge in [0.25, 0.3) is 5.91 Å². The maximum Gasteiger partial charge on any atom is 0.255 e. The third kappa shape index (κ3) is 4.76. The van der Waals surface area contributed by atoms with Gasteiger partial charge in [-0.3, -0.25) is 4.79 Å². The molecule has 1 atom stereocenters. The fourth-order valence-electron chi connectivity index (χ4n) is 3.94. The van der Waals surface area contributed by atoms with Crippen LogP contribution in [-0.4, -0.2) is 44.0 Å². The number of amides is 1. The molecule has 3 aromatic carbocycles. The number of nitriles is 1. The molecule has 1 amide bonds. The number of rotatable bonds is 5. The van der Waals surface area contributed by atoms with Crippen molar-refractivity contribution in [2.24, 2.45) is 0 Å². The van der Waals surface area contributed by atoms with Crippen LogP contribution in [0.3, 0.4) is 0 Å². The van der Waals surface area contributed by atoms with Gasteiger partial charge in [-0.2, -0.15) is 5.26 Å². The Bertz CT molecular complexity index is 1100. The van der Waals surface area contributed by atoms with Gasteiger partial charge >= 0.3 is 0 Å². The van der Waals surface area contributed by atoms with Crippen LogP contribution in [0.2, 0.25) is 0 Å². The molecule has 1 N–H and O–H groups in total. The van der Waals surface area contributed by atoms with Gasteiger partial charge < -0.3 is 15.1 Å². The van der Waals surface area contributed by atoms with E-state index in [0.717, 1.165) is 29.9 Å². The second-order valence-electron chi connectivity index (χ2n) is 8.12. The van der Waals surface area contributed by atoms with E-state index in [1.54, 1.807) is 6.07 Å². The first-order valence-corrected chi connectivity index (χ1v) is 10.5. The third-order valence-electron chi connectivity index (χ3n) is 5.86. The summed E-state index contributed by atoms with van der Waals surface area (Å²) in [5, 5.41) is 12.0. The van der Waals surface area contributed by atoms with Gasteiger partial charge in [0.15, 0.2) is 0 Å². The SMILES string of the molecule is CN(C)C1CCN(c2ccc(NC(=O)c3ccc(-c4cccc(C#N)c4)cc3)cc2)C1. The minimum atomic E-state index is -0.140. The third-order valence-corrected chi connectivity index (χ3v) is 5.86. The zero-order valence-electron chi connectivity index (χ0n) is 17.9. The highest BCUT2D eigenvalue weighted by Crippen LogP contribution is 2.25. The van der Waals surface area contributed by atoms with Crippen molar-refractivity contribution in [1.29, 1.82) is 5.26 Å². The number of carbonyl (C=O) groups excluding carboxylic acids is 1. The standard InChI is InChI=1S/C26H26N4O/c1-29(2)25-14-15-30(18-25)24-12-10-23(11-13-24)28-26(31)21-8-6-20(7-9-21)22-5-3-4-19(16-22)17-27/h3-13,16,25H,14-15,18H2,1-2H3,(H,28,31). The number of carbonyl (C=O) groups is 1. The summed E-state index contributed by atoms with van der Waals surface area (Å²) in [7, 11) is 4.26. The summed E-state index contributed by atoms with van der Waals surface area (Å²) in [6, 6.07) is 25.7. The van der Waals surface area contributed by atoms with Crippen LogP contribution in [0.15, 0.2) is 72.8 Å². The first kappa shape index (κ1) is 20.6. The van der Waals surface area contributed by atoms with E-state index >= 15 is 0 Å². The Labute approximate surface area is 183 Å². The summed E-state index contributed by atoms with van der Waals surface area (Å²) < 4.78 is 0. The Morgan fingerprint density at radius 2 is 1.77 bits per heavy atom. The van der Waals surface area contributed by atoms with E-state index < -0.39 is 0 Å². The first-order valence-electron chi connectivity index (χ1n) is 10.5. The fourth-order valence-corrected chi connectivity index (χ4v) is 3.94. The molecule has 1 aliphatic heterocycles. The molecule has 5 heteroatoms. The molecule has 5 nitrogen and oxygen atoms in total. The topological polar surface area (TPSA) is 59.4 Å². The number of nitrogens with one attached hydrogen (secondary N) is 1. The van der Waals surface area contributed by atoms with Crippen molar-refractivity contribution in [2.75, 3.05) is 37.4 Å². The number of benzene rings is 3. The van der Waals surface area contributed by atoms with Crippen molar-refractivity contribution in [2.45, 2.75) is 12.5 Å². The van der Waals surface area contributed by atoms with Gasteiger partial charge in [-0.25, -0.2) is 0 Å². The van der Waals surface area contributed by atoms with Crippen molar-refractivity contribution in [3.8, 4) is 17.2 Å². The van der Waals surface area contributed by atoms with Crippen LogP contribution < -0.4 is 10.2 Å². The van der Waals surface area contributed by atoms with E-state index in [4.69, 9.17) is 5.26 Å². The summed E-state index contributed by atoms with van der Waals surface area (Å²) in [6.07, 6.45) is 1.17. The van der Waals surface area contributed by atoms with Crippen molar-refractivity contribution >= 4 is 17.3 Å². The largest absolute Gasteiger partial charge is 0.370 e. The Morgan fingerprint density at radius 1 is 1.03 bits per heavy atom. The lowest BCUT2D eigenvalue weighted by atomic mass is 10.0. The smallest absolute Gasteiger partial charge is 0.255 e. The molecule has 4 rings (SSSR count). The summed E-state index contributed by atoms with van der Waals surface area (Å²) in [5.41, 5.74) is 5.11. The molecule has 0 spiro atoms. The van der Waals surface area contributed by atoms with E-state index in [1.807, 2.05) is 54.6 Å². The minimum absolute atomic E-state index is 0.140. The Kier molecular flexibility index (Phi) is 6.01. The van der Waals surface area contributed by atoms with Crippen LogP contribution in [0.4, 0.5) is 11.4 Å². The lowest BCUT2D eigenvalue weighted by Gasteiger charge is -2.22. The van der Waals surface area contributed by atoms with Gasteiger partial charge in [0.1, 0.15) is 0 Å².